The molecule has 9 heteroatoms. The Balaban J connectivity index is 0.000000494. The lowest BCUT2D eigenvalue weighted by Crippen LogP contribution is -2.45. The highest BCUT2D eigenvalue weighted by Crippen LogP contribution is 2.47. The number of rotatable bonds is 6. The van der Waals surface area contributed by atoms with Gasteiger partial charge in [0.15, 0.2) is 0 Å². The smallest absolute Gasteiger partial charge is 0.385 e. The van der Waals surface area contributed by atoms with Gasteiger partial charge < -0.3 is 26.2 Å². The second-order valence-corrected chi connectivity index (χ2v) is 10.5. The van der Waals surface area contributed by atoms with Crippen LogP contribution in [0.2, 0.25) is 0 Å². The van der Waals surface area contributed by atoms with E-state index in [9.17, 15) is 18.0 Å². The van der Waals surface area contributed by atoms with E-state index in [1.54, 1.807) is 6.07 Å². The molecule has 0 aromatic heterocycles. The van der Waals surface area contributed by atoms with Crippen LogP contribution in [-0.4, -0.2) is 63.3 Å². The number of hydrogen-bond acceptors (Lipinski definition) is 4. The predicted octanol–water partition coefficient (Wildman–Crippen LogP) is 4.91. The van der Waals surface area contributed by atoms with Gasteiger partial charge in [-0.2, -0.15) is 13.2 Å². The number of hydrogen-bond donors (Lipinski definition) is 4. The number of halogens is 3. The zero-order chi connectivity index (χ0) is 26.8. The molecule has 6 nitrogen and oxygen atoms in total. The van der Waals surface area contributed by atoms with E-state index in [0.717, 1.165) is 82.3 Å². The highest BCUT2D eigenvalue weighted by molar-refractivity contribution is 5.73. The van der Waals surface area contributed by atoms with Gasteiger partial charge in [-0.25, -0.2) is 4.79 Å². The van der Waals surface area contributed by atoms with Gasteiger partial charge in [-0.15, -0.1) is 0 Å². The highest BCUT2D eigenvalue weighted by Gasteiger charge is 2.38. The van der Waals surface area contributed by atoms with Crippen molar-refractivity contribution in [1.82, 2.24) is 20.9 Å². The molecule has 2 fully saturated rings. The van der Waals surface area contributed by atoms with Gasteiger partial charge in [-0.3, -0.25) is 0 Å². The molecular weight excluding hydrogens is 491 g/mol. The summed E-state index contributed by atoms with van der Waals surface area (Å²) in [5, 5.41) is 12.5. The van der Waals surface area contributed by atoms with E-state index < -0.39 is 11.7 Å². The summed E-state index contributed by atoms with van der Waals surface area (Å²) in [5.41, 5.74) is 1.01. The molecule has 2 aliphatic heterocycles. The predicted molar refractivity (Wildman–Crippen MR) is 145 cm³/mol. The summed E-state index contributed by atoms with van der Waals surface area (Å²) in [6.45, 7) is 7.15. The molecule has 1 aliphatic carbocycles. The van der Waals surface area contributed by atoms with Gasteiger partial charge in [0, 0.05) is 51.5 Å². The van der Waals surface area contributed by atoms with Gasteiger partial charge in [0.2, 0.25) is 0 Å². The van der Waals surface area contributed by atoms with Crippen LogP contribution in [0.3, 0.4) is 0 Å². The molecule has 3 unspecified atom stereocenters. The average Bonchev–Trinajstić information content (AvgIpc) is 2.95. The number of anilines is 1. The van der Waals surface area contributed by atoms with Gasteiger partial charge in [-0.05, 0) is 73.7 Å². The van der Waals surface area contributed by atoms with Crippen molar-refractivity contribution in [1.29, 1.82) is 0 Å². The molecule has 2 aromatic carbocycles. The number of amides is 2. The minimum atomic E-state index is -4.33. The molecule has 0 spiro atoms. The molecule has 4 N–H and O–H groups in total. The van der Waals surface area contributed by atoms with Crippen molar-refractivity contribution in [2.24, 2.45) is 11.8 Å². The molecule has 1 saturated carbocycles. The van der Waals surface area contributed by atoms with Crippen LogP contribution in [0, 0.1) is 11.8 Å². The van der Waals surface area contributed by atoms with E-state index in [1.807, 2.05) is 36.4 Å². The van der Waals surface area contributed by atoms with Crippen molar-refractivity contribution in [3.63, 3.8) is 0 Å². The van der Waals surface area contributed by atoms with Crippen LogP contribution >= 0.6 is 0 Å². The SMILES string of the molecule is O=C(NCCCN1CCNCC1)NCC1CCC2CNc3ccc(C(F)(F)F)cc3C2C1.c1ccccc1. The van der Waals surface area contributed by atoms with Crippen molar-refractivity contribution >= 4 is 11.7 Å². The van der Waals surface area contributed by atoms with E-state index in [-0.39, 0.29) is 17.9 Å². The maximum absolute atomic E-state index is 13.2. The fourth-order valence-electron chi connectivity index (χ4n) is 5.70. The third-order valence-electron chi connectivity index (χ3n) is 7.80. The Labute approximate surface area is 223 Å². The Morgan fingerprint density at radius 3 is 2.39 bits per heavy atom. The minimum Gasteiger partial charge on any atom is -0.385 e. The fraction of sp³-hybridized carbons (Fsp3) is 0.552. The molecule has 2 heterocycles. The Hall–Kier alpha value is -2.78. The summed E-state index contributed by atoms with van der Waals surface area (Å²) >= 11 is 0. The zero-order valence-electron chi connectivity index (χ0n) is 21.9. The maximum Gasteiger partial charge on any atom is 0.416 e. The van der Waals surface area contributed by atoms with Crippen LogP contribution in [0.1, 0.15) is 42.7 Å². The third-order valence-corrected chi connectivity index (χ3v) is 7.80. The van der Waals surface area contributed by atoms with Gasteiger partial charge in [-0.1, -0.05) is 36.4 Å². The number of carbonyl (C=O) groups is 1. The number of benzene rings is 2. The topological polar surface area (TPSA) is 68.4 Å². The van der Waals surface area contributed by atoms with Gasteiger partial charge >= 0.3 is 12.2 Å². The summed E-state index contributed by atoms with van der Waals surface area (Å²) in [5.74, 6) is 0.737. The number of carbonyl (C=O) groups excluding carboxylic acids is 1. The molecule has 2 aromatic rings. The van der Waals surface area contributed by atoms with E-state index in [0.29, 0.717) is 19.0 Å². The lowest BCUT2D eigenvalue weighted by molar-refractivity contribution is -0.137. The van der Waals surface area contributed by atoms with Crippen molar-refractivity contribution < 1.29 is 18.0 Å². The van der Waals surface area contributed by atoms with Crippen LogP contribution < -0.4 is 21.3 Å². The molecule has 5 rings (SSSR count). The average molecular weight is 532 g/mol. The summed E-state index contributed by atoms with van der Waals surface area (Å²) in [6, 6.07) is 15.9. The second-order valence-electron chi connectivity index (χ2n) is 10.5. The van der Waals surface area contributed by atoms with E-state index in [1.165, 1.54) is 6.07 Å². The first-order chi connectivity index (χ1) is 18.4. The Morgan fingerprint density at radius 2 is 1.71 bits per heavy atom. The lowest BCUT2D eigenvalue weighted by Gasteiger charge is -2.41. The fourth-order valence-corrected chi connectivity index (χ4v) is 5.70. The molecular formula is C29H40F3N5O. The molecule has 0 radical (unpaired) electrons. The Kier molecular flexibility index (Phi) is 10.3. The van der Waals surface area contributed by atoms with Crippen LogP contribution in [0.15, 0.2) is 54.6 Å². The first kappa shape index (κ1) is 28.2. The lowest BCUT2D eigenvalue weighted by atomic mass is 9.69. The molecule has 1 saturated heterocycles. The van der Waals surface area contributed by atoms with E-state index in [2.05, 4.69) is 26.2 Å². The van der Waals surface area contributed by atoms with Crippen LogP contribution in [0.4, 0.5) is 23.7 Å². The molecule has 208 valence electrons. The molecule has 3 atom stereocenters. The van der Waals surface area contributed by atoms with E-state index in [4.69, 9.17) is 0 Å². The number of nitrogens with zero attached hydrogens (tertiary/aromatic N) is 1. The highest BCUT2D eigenvalue weighted by atomic mass is 19.4. The molecule has 38 heavy (non-hydrogen) atoms. The normalized spacial score (nSPS) is 23.1. The standard InChI is InChI=1S/C23H34F3N5O.C6H6/c24-23(25,26)18-4-5-21-20(13-18)19-12-16(2-3-17(19)15-29-21)14-30-22(32)28-6-1-9-31-10-7-27-8-11-31;1-2-4-6-5-3-1/h4-5,13,16-17,19,27,29H,1-3,6-12,14-15H2,(H2,28,30,32);1-6H. The van der Waals surface area contributed by atoms with E-state index >= 15 is 0 Å². The number of fused-ring (bicyclic) bond motifs is 3. The third kappa shape index (κ3) is 8.36. The monoisotopic (exact) mass is 531 g/mol. The van der Waals surface area contributed by atoms with Gasteiger partial charge in [0.05, 0.1) is 5.56 Å². The van der Waals surface area contributed by atoms with Crippen molar-refractivity contribution in [2.75, 3.05) is 57.7 Å². The van der Waals surface area contributed by atoms with Crippen molar-refractivity contribution in [3.05, 3.63) is 65.7 Å². The largest absolute Gasteiger partial charge is 0.416 e. The summed E-state index contributed by atoms with van der Waals surface area (Å²) < 4.78 is 39.7. The van der Waals surface area contributed by atoms with Crippen molar-refractivity contribution in [2.45, 2.75) is 37.8 Å². The number of urea groups is 1. The Bertz CT molecular complexity index is 971. The van der Waals surface area contributed by atoms with Gasteiger partial charge in [0.1, 0.15) is 0 Å². The van der Waals surface area contributed by atoms with Crippen LogP contribution in [0.25, 0.3) is 0 Å². The number of alkyl halides is 3. The van der Waals surface area contributed by atoms with Crippen LogP contribution in [-0.2, 0) is 6.18 Å². The van der Waals surface area contributed by atoms with Crippen LogP contribution in [0.5, 0.6) is 0 Å². The molecule has 2 amide bonds. The first-order valence-corrected chi connectivity index (χ1v) is 13.8. The number of nitrogens with one attached hydrogen (secondary N) is 4. The van der Waals surface area contributed by atoms with Crippen molar-refractivity contribution in [3.8, 4) is 0 Å². The minimum absolute atomic E-state index is 0.108. The summed E-state index contributed by atoms with van der Waals surface area (Å²) in [6.07, 6.45) is -0.650. The molecule has 3 aliphatic rings. The number of piperazine rings is 1. The Morgan fingerprint density at radius 1 is 1.00 bits per heavy atom. The summed E-state index contributed by atoms with van der Waals surface area (Å²) in [4.78, 5) is 14.6. The quantitative estimate of drug-likeness (QED) is 0.400. The maximum atomic E-state index is 13.2. The first-order valence-electron chi connectivity index (χ1n) is 13.8. The zero-order valence-corrected chi connectivity index (χ0v) is 21.9. The molecule has 0 bridgehead atoms. The van der Waals surface area contributed by atoms with Gasteiger partial charge in [0.25, 0.3) is 0 Å². The summed E-state index contributed by atoms with van der Waals surface area (Å²) in [7, 11) is 0. The second kappa shape index (κ2) is 13.8.